The van der Waals surface area contributed by atoms with Gasteiger partial charge in [0.15, 0.2) is 0 Å². The smallest absolute Gasteiger partial charge is 0.00251 e. The summed E-state index contributed by atoms with van der Waals surface area (Å²) in [5.74, 6) is 2.94. The summed E-state index contributed by atoms with van der Waals surface area (Å²) in [6.45, 7) is 11.6. The van der Waals surface area contributed by atoms with Gasteiger partial charge in [0.1, 0.15) is 0 Å². The van der Waals surface area contributed by atoms with Gasteiger partial charge in [0, 0.05) is 13.1 Å². The lowest BCUT2D eigenvalue weighted by atomic mass is 9.73. The van der Waals surface area contributed by atoms with Crippen LogP contribution >= 0.6 is 0 Å². The van der Waals surface area contributed by atoms with Crippen LogP contribution in [0.25, 0.3) is 0 Å². The average Bonchev–Trinajstić information content (AvgIpc) is 2.79. The van der Waals surface area contributed by atoms with Crippen LogP contribution in [0.2, 0.25) is 0 Å². The monoisotopic (exact) mass is 250 g/mol. The van der Waals surface area contributed by atoms with Gasteiger partial charge in [-0.25, -0.2) is 0 Å². The number of piperidine rings is 1. The summed E-state index contributed by atoms with van der Waals surface area (Å²) in [6, 6.07) is 0. The van der Waals surface area contributed by atoms with Crippen molar-refractivity contribution in [2.24, 2.45) is 23.2 Å². The summed E-state index contributed by atoms with van der Waals surface area (Å²) >= 11 is 0. The van der Waals surface area contributed by atoms with Crippen LogP contribution in [-0.2, 0) is 0 Å². The molecular weight excluding hydrogens is 220 g/mol. The fraction of sp³-hybridized carbons (Fsp3) is 1.00. The molecule has 2 saturated heterocycles. The van der Waals surface area contributed by atoms with Gasteiger partial charge in [-0.2, -0.15) is 0 Å². The van der Waals surface area contributed by atoms with E-state index < -0.39 is 0 Å². The minimum Gasteiger partial charge on any atom is -0.316 e. The van der Waals surface area contributed by atoms with Crippen LogP contribution in [0.1, 0.15) is 46.0 Å². The molecule has 3 aliphatic rings. The number of fused-ring (bicyclic) bond motifs is 1. The van der Waals surface area contributed by atoms with E-state index in [-0.39, 0.29) is 0 Å². The molecule has 3 rings (SSSR count). The molecule has 2 heterocycles. The summed E-state index contributed by atoms with van der Waals surface area (Å²) in [5, 5.41) is 3.57. The first kappa shape index (κ1) is 12.9. The van der Waals surface area contributed by atoms with Crippen LogP contribution in [0.4, 0.5) is 0 Å². The van der Waals surface area contributed by atoms with E-state index in [1.165, 1.54) is 64.8 Å². The van der Waals surface area contributed by atoms with Crippen molar-refractivity contribution in [1.29, 1.82) is 0 Å². The summed E-state index contributed by atoms with van der Waals surface area (Å²) < 4.78 is 0. The Morgan fingerprint density at radius 2 is 1.78 bits per heavy atom. The van der Waals surface area contributed by atoms with Gasteiger partial charge in [-0.3, -0.25) is 0 Å². The predicted octanol–water partition coefficient (Wildman–Crippen LogP) is 2.74. The summed E-state index contributed by atoms with van der Waals surface area (Å²) in [7, 11) is 0. The predicted molar refractivity (Wildman–Crippen MR) is 76.6 cm³/mol. The molecule has 0 aromatic carbocycles. The Hall–Kier alpha value is -0.0800. The van der Waals surface area contributed by atoms with E-state index >= 15 is 0 Å². The molecule has 0 amide bonds. The van der Waals surface area contributed by atoms with Crippen molar-refractivity contribution in [3.63, 3.8) is 0 Å². The fourth-order valence-corrected chi connectivity index (χ4v) is 4.28. The number of hydrogen-bond donors (Lipinski definition) is 1. The van der Waals surface area contributed by atoms with Crippen molar-refractivity contribution in [3.05, 3.63) is 0 Å². The van der Waals surface area contributed by atoms with Crippen LogP contribution in [0.15, 0.2) is 0 Å². The van der Waals surface area contributed by atoms with E-state index in [0.29, 0.717) is 5.41 Å². The van der Waals surface area contributed by atoms with Crippen LogP contribution in [0.3, 0.4) is 0 Å². The van der Waals surface area contributed by atoms with Gasteiger partial charge in [-0.1, -0.05) is 13.8 Å². The Balaban J connectivity index is 1.46. The SMILES string of the molecule is CC1(C)CCC(CN2CCC3CNCC3C2)CC1. The van der Waals surface area contributed by atoms with Gasteiger partial charge in [0.25, 0.3) is 0 Å². The van der Waals surface area contributed by atoms with Crippen molar-refractivity contribution in [3.8, 4) is 0 Å². The maximum Gasteiger partial charge on any atom is 0.00251 e. The summed E-state index contributed by atoms with van der Waals surface area (Å²) in [4.78, 5) is 2.77. The van der Waals surface area contributed by atoms with Gasteiger partial charge in [0.05, 0.1) is 0 Å². The molecule has 0 spiro atoms. The second-order valence-electron chi connectivity index (χ2n) is 7.83. The topological polar surface area (TPSA) is 15.3 Å². The maximum absolute atomic E-state index is 3.57. The van der Waals surface area contributed by atoms with Gasteiger partial charge in [0.2, 0.25) is 0 Å². The Morgan fingerprint density at radius 3 is 2.56 bits per heavy atom. The molecule has 1 saturated carbocycles. The molecule has 2 atom stereocenters. The molecule has 2 nitrogen and oxygen atoms in total. The Kier molecular flexibility index (Phi) is 3.68. The van der Waals surface area contributed by atoms with E-state index in [1.54, 1.807) is 0 Å². The van der Waals surface area contributed by atoms with Crippen LogP contribution < -0.4 is 5.32 Å². The zero-order valence-corrected chi connectivity index (χ0v) is 12.3. The molecule has 18 heavy (non-hydrogen) atoms. The molecule has 1 aliphatic carbocycles. The molecule has 0 aromatic heterocycles. The molecule has 2 heteroatoms. The van der Waals surface area contributed by atoms with Crippen molar-refractivity contribution in [1.82, 2.24) is 10.2 Å². The zero-order chi connectivity index (χ0) is 12.6. The second kappa shape index (κ2) is 5.13. The Morgan fingerprint density at radius 1 is 1.06 bits per heavy atom. The van der Waals surface area contributed by atoms with Crippen molar-refractivity contribution in [2.45, 2.75) is 46.0 Å². The van der Waals surface area contributed by atoms with Gasteiger partial charge in [-0.05, 0) is 74.9 Å². The first-order chi connectivity index (χ1) is 8.62. The minimum absolute atomic E-state index is 0.624. The maximum atomic E-state index is 3.57. The molecule has 0 radical (unpaired) electrons. The normalized spacial score (nSPS) is 37.7. The third-order valence-corrected chi connectivity index (χ3v) is 5.76. The number of nitrogens with zero attached hydrogens (tertiary/aromatic N) is 1. The van der Waals surface area contributed by atoms with Crippen LogP contribution in [0.5, 0.6) is 0 Å². The fourth-order valence-electron chi connectivity index (χ4n) is 4.28. The third-order valence-electron chi connectivity index (χ3n) is 5.76. The first-order valence-electron chi connectivity index (χ1n) is 8.05. The largest absolute Gasteiger partial charge is 0.316 e. The molecule has 3 fully saturated rings. The van der Waals surface area contributed by atoms with Gasteiger partial charge in [-0.15, -0.1) is 0 Å². The van der Waals surface area contributed by atoms with E-state index in [0.717, 1.165) is 17.8 Å². The molecule has 1 N–H and O–H groups in total. The van der Waals surface area contributed by atoms with Gasteiger partial charge < -0.3 is 10.2 Å². The number of likely N-dealkylation sites (tertiary alicyclic amines) is 1. The lowest BCUT2D eigenvalue weighted by Gasteiger charge is -2.40. The minimum atomic E-state index is 0.624. The van der Waals surface area contributed by atoms with Crippen molar-refractivity contribution in [2.75, 3.05) is 32.7 Å². The van der Waals surface area contributed by atoms with E-state index in [4.69, 9.17) is 0 Å². The average molecular weight is 250 g/mol. The van der Waals surface area contributed by atoms with E-state index in [1.807, 2.05) is 0 Å². The quantitative estimate of drug-likeness (QED) is 0.811. The van der Waals surface area contributed by atoms with E-state index in [9.17, 15) is 0 Å². The standard InChI is InChI=1S/C16H30N2/c1-16(2)6-3-13(4-7-16)11-18-8-5-14-9-17-10-15(14)12-18/h13-15,17H,3-12H2,1-2H3. The highest BCUT2D eigenvalue weighted by atomic mass is 15.1. The number of rotatable bonds is 2. The highest BCUT2D eigenvalue weighted by Gasteiger charge is 2.34. The molecule has 104 valence electrons. The molecule has 2 aliphatic heterocycles. The number of hydrogen-bond acceptors (Lipinski definition) is 2. The highest BCUT2D eigenvalue weighted by molar-refractivity contribution is 4.89. The molecular formula is C16H30N2. The lowest BCUT2D eigenvalue weighted by molar-refractivity contribution is 0.0993. The van der Waals surface area contributed by atoms with Crippen LogP contribution in [-0.4, -0.2) is 37.6 Å². The molecule has 0 bridgehead atoms. The number of nitrogens with one attached hydrogen (secondary N) is 1. The summed E-state index contributed by atoms with van der Waals surface area (Å²) in [5.41, 5.74) is 0.624. The molecule has 0 aromatic rings. The van der Waals surface area contributed by atoms with Crippen molar-refractivity contribution >= 4 is 0 Å². The second-order valence-corrected chi connectivity index (χ2v) is 7.83. The first-order valence-corrected chi connectivity index (χ1v) is 8.05. The van der Waals surface area contributed by atoms with Gasteiger partial charge >= 0.3 is 0 Å². The lowest BCUT2D eigenvalue weighted by Crippen LogP contribution is -2.43. The molecule has 2 unspecified atom stereocenters. The summed E-state index contributed by atoms with van der Waals surface area (Å²) in [6.07, 6.45) is 7.26. The van der Waals surface area contributed by atoms with Crippen molar-refractivity contribution < 1.29 is 0 Å². The van der Waals surface area contributed by atoms with E-state index in [2.05, 4.69) is 24.1 Å². The Bertz CT molecular complexity index is 277. The zero-order valence-electron chi connectivity index (χ0n) is 12.3. The van der Waals surface area contributed by atoms with Crippen LogP contribution in [0, 0.1) is 23.2 Å². The Labute approximate surface area is 113 Å². The highest BCUT2D eigenvalue weighted by Crippen LogP contribution is 2.38. The third kappa shape index (κ3) is 2.91.